The Morgan fingerprint density at radius 3 is 2.35 bits per heavy atom. The molecule has 1 amide bonds. The molecule has 3 aromatic carbocycles. The van der Waals surface area contributed by atoms with Crippen LogP contribution in [0.3, 0.4) is 0 Å². The molecule has 1 heterocycles. The molecule has 4 nitrogen and oxygen atoms in total. The first-order chi connectivity index (χ1) is 16.1. The van der Waals surface area contributed by atoms with Gasteiger partial charge in [-0.2, -0.15) is 18.3 Å². The largest absolute Gasteiger partial charge is 0.435 e. The Bertz CT molecular complexity index is 1350. The second kappa shape index (κ2) is 9.26. The quantitative estimate of drug-likeness (QED) is 0.327. The van der Waals surface area contributed by atoms with E-state index < -0.39 is 29.4 Å². The maximum atomic E-state index is 13.7. The van der Waals surface area contributed by atoms with E-state index in [4.69, 9.17) is 11.6 Å². The molecule has 0 unspecified atom stereocenters. The van der Waals surface area contributed by atoms with Gasteiger partial charge >= 0.3 is 6.18 Å². The Hall–Kier alpha value is -3.72. The van der Waals surface area contributed by atoms with Gasteiger partial charge in [0.15, 0.2) is 5.69 Å². The second-order valence-electron chi connectivity index (χ2n) is 7.27. The van der Waals surface area contributed by atoms with E-state index in [1.54, 1.807) is 12.1 Å². The van der Waals surface area contributed by atoms with E-state index in [-0.39, 0.29) is 34.1 Å². The fourth-order valence-corrected chi connectivity index (χ4v) is 3.50. The molecule has 0 fully saturated rings. The van der Waals surface area contributed by atoms with Crippen molar-refractivity contribution in [3.05, 3.63) is 106 Å². The van der Waals surface area contributed by atoms with E-state index in [0.717, 1.165) is 28.9 Å². The highest BCUT2D eigenvalue weighted by Crippen LogP contribution is 2.34. The molecule has 0 aliphatic heterocycles. The van der Waals surface area contributed by atoms with Crippen LogP contribution in [0.15, 0.2) is 72.8 Å². The van der Waals surface area contributed by atoms with Crippen LogP contribution in [0.2, 0.25) is 5.02 Å². The number of hydrogen-bond acceptors (Lipinski definition) is 2. The van der Waals surface area contributed by atoms with Crippen molar-refractivity contribution in [2.45, 2.75) is 12.7 Å². The molecule has 0 radical (unpaired) electrons. The van der Waals surface area contributed by atoms with Gasteiger partial charge in [0.05, 0.1) is 16.4 Å². The molecule has 10 heteroatoms. The minimum Gasteiger partial charge on any atom is -0.348 e. The zero-order valence-corrected chi connectivity index (χ0v) is 18.0. The lowest BCUT2D eigenvalue weighted by Crippen LogP contribution is -2.23. The summed E-state index contributed by atoms with van der Waals surface area (Å²) in [7, 11) is 0. The van der Waals surface area contributed by atoms with E-state index >= 15 is 0 Å². The normalized spacial score (nSPS) is 11.5. The third kappa shape index (κ3) is 4.94. The van der Waals surface area contributed by atoms with Gasteiger partial charge in [-0.15, -0.1) is 0 Å². The van der Waals surface area contributed by atoms with Crippen molar-refractivity contribution in [1.29, 1.82) is 0 Å². The summed E-state index contributed by atoms with van der Waals surface area (Å²) in [5.74, 6) is -1.86. The monoisotopic (exact) mass is 491 g/mol. The van der Waals surface area contributed by atoms with Gasteiger partial charge in [0.1, 0.15) is 11.6 Å². The Morgan fingerprint density at radius 1 is 0.971 bits per heavy atom. The number of rotatable bonds is 5. The van der Waals surface area contributed by atoms with Crippen molar-refractivity contribution in [1.82, 2.24) is 15.1 Å². The number of alkyl halides is 3. The van der Waals surface area contributed by atoms with Gasteiger partial charge in [0.25, 0.3) is 5.91 Å². The summed E-state index contributed by atoms with van der Waals surface area (Å²) in [6.07, 6.45) is -4.67. The van der Waals surface area contributed by atoms with Gasteiger partial charge in [-0.05, 0) is 48.5 Å². The van der Waals surface area contributed by atoms with Gasteiger partial charge in [0, 0.05) is 23.2 Å². The van der Waals surface area contributed by atoms with Gasteiger partial charge in [0.2, 0.25) is 0 Å². The molecule has 0 saturated heterocycles. The lowest BCUT2D eigenvalue weighted by Gasteiger charge is -2.10. The zero-order valence-electron chi connectivity index (χ0n) is 17.2. The Kier molecular flexibility index (Phi) is 6.39. The minimum absolute atomic E-state index is 0.0201. The number of hydrogen-bond donors (Lipinski definition) is 1. The fraction of sp³-hybridized carbons (Fsp3) is 0.0833. The Morgan fingerprint density at radius 2 is 1.68 bits per heavy atom. The number of aromatic nitrogens is 2. The van der Waals surface area contributed by atoms with Gasteiger partial charge in [-0.3, -0.25) is 4.79 Å². The summed E-state index contributed by atoms with van der Waals surface area (Å²) in [6.45, 7) is -0.238. The summed E-state index contributed by atoms with van der Waals surface area (Å²) in [6, 6.07) is 15.9. The van der Waals surface area contributed by atoms with Crippen LogP contribution in [0.1, 0.15) is 21.6 Å². The average Bonchev–Trinajstić information content (AvgIpc) is 3.26. The van der Waals surface area contributed by atoms with Crippen LogP contribution in [0.4, 0.5) is 22.0 Å². The third-order valence-electron chi connectivity index (χ3n) is 4.97. The number of carbonyl (C=O) groups is 1. The highest BCUT2D eigenvalue weighted by Gasteiger charge is 2.35. The first kappa shape index (κ1) is 23.4. The number of benzene rings is 3. The van der Waals surface area contributed by atoms with E-state index in [2.05, 4.69) is 10.4 Å². The highest BCUT2D eigenvalue weighted by molar-refractivity contribution is 6.32. The lowest BCUT2D eigenvalue weighted by atomic mass is 10.1. The number of para-hydroxylation sites is 1. The smallest absolute Gasteiger partial charge is 0.348 e. The first-order valence-corrected chi connectivity index (χ1v) is 10.3. The van der Waals surface area contributed by atoms with Gasteiger partial charge < -0.3 is 5.32 Å². The van der Waals surface area contributed by atoms with Crippen LogP contribution in [-0.2, 0) is 12.7 Å². The summed E-state index contributed by atoms with van der Waals surface area (Å²) in [4.78, 5) is 12.4. The topological polar surface area (TPSA) is 46.9 Å². The maximum Gasteiger partial charge on any atom is 0.435 e. The van der Waals surface area contributed by atoms with E-state index in [1.165, 1.54) is 36.4 Å². The molecule has 4 rings (SSSR count). The zero-order chi connectivity index (χ0) is 24.5. The van der Waals surface area contributed by atoms with Crippen molar-refractivity contribution in [2.75, 3.05) is 0 Å². The molecule has 1 aromatic heterocycles. The molecule has 0 saturated carbocycles. The fourth-order valence-electron chi connectivity index (χ4n) is 3.28. The van der Waals surface area contributed by atoms with Crippen LogP contribution >= 0.6 is 11.6 Å². The van der Waals surface area contributed by atoms with Crippen LogP contribution in [0.5, 0.6) is 0 Å². The van der Waals surface area contributed by atoms with Gasteiger partial charge in [-0.25, -0.2) is 13.5 Å². The number of nitrogens with zero attached hydrogens (tertiary/aromatic N) is 2. The molecular weight excluding hydrogens is 477 g/mol. The molecular formula is C24H15ClF5N3O. The molecule has 34 heavy (non-hydrogen) atoms. The van der Waals surface area contributed by atoms with Crippen molar-refractivity contribution in [3.63, 3.8) is 0 Å². The summed E-state index contributed by atoms with van der Waals surface area (Å²) in [5, 5.41) is 6.38. The molecule has 1 N–H and O–H groups in total. The molecule has 0 aliphatic rings. The van der Waals surface area contributed by atoms with E-state index in [9.17, 15) is 26.7 Å². The second-order valence-corrected chi connectivity index (χ2v) is 7.68. The highest BCUT2D eigenvalue weighted by atomic mass is 35.5. The molecule has 0 bridgehead atoms. The molecule has 0 atom stereocenters. The van der Waals surface area contributed by atoms with Crippen molar-refractivity contribution in [2.24, 2.45) is 0 Å². The number of carbonyl (C=O) groups excluding carboxylic acids is 1. The summed E-state index contributed by atoms with van der Waals surface area (Å²) >= 11 is 6.17. The predicted molar refractivity (Wildman–Crippen MR) is 117 cm³/mol. The minimum atomic E-state index is -4.67. The lowest BCUT2D eigenvalue weighted by molar-refractivity contribution is -0.141. The third-order valence-corrected chi connectivity index (χ3v) is 5.29. The summed E-state index contributed by atoms with van der Waals surface area (Å²) in [5.41, 5.74) is -0.200. The number of nitrogens with one attached hydrogen (secondary N) is 1. The molecule has 0 spiro atoms. The first-order valence-electron chi connectivity index (χ1n) is 9.88. The number of halogens is 6. The standard InChI is InChI=1S/C24H15ClF5N3O/c25-18-3-1-2-4-20(18)33-21(12-22(32-33)24(28,29)30)14-5-7-15(8-6-14)23(34)31-13-16-11-17(26)9-10-19(16)27/h1-12H,13H2,(H,31,34). The Labute approximate surface area is 195 Å². The Balaban J connectivity index is 1.61. The van der Waals surface area contributed by atoms with Gasteiger partial charge in [-0.1, -0.05) is 35.9 Å². The molecule has 0 aliphatic carbocycles. The molecule has 174 valence electrons. The van der Waals surface area contributed by atoms with Crippen LogP contribution < -0.4 is 5.32 Å². The van der Waals surface area contributed by atoms with Crippen molar-refractivity contribution >= 4 is 17.5 Å². The maximum absolute atomic E-state index is 13.7. The molecule has 4 aromatic rings. The van der Waals surface area contributed by atoms with Crippen LogP contribution in [0.25, 0.3) is 16.9 Å². The average molecular weight is 492 g/mol. The van der Waals surface area contributed by atoms with Crippen LogP contribution in [0, 0.1) is 11.6 Å². The van der Waals surface area contributed by atoms with Crippen molar-refractivity contribution < 1.29 is 26.7 Å². The van der Waals surface area contributed by atoms with E-state index in [0.29, 0.717) is 5.56 Å². The van der Waals surface area contributed by atoms with Crippen molar-refractivity contribution in [3.8, 4) is 16.9 Å². The predicted octanol–water partition coefficient (Wildman–Crippen LogP) is 6.42. The SMILES string of the molecule is O=C(NCc1cc(F)ccc1F)c1ccc(-c2cc(C(F)(F)F)nn2-c2ccccc2Cl)cc1. The van der Waals surface area contributed by atoms with E-state index in [1.807, 2.05) is 0 Å². The summed E-state index contributed by atoms with van der Waals surface area (Å²) < 4.78 is 68.2. The number of amides is 1. The van der Waals surface area contributed by atoms with Crippen LogP contribution in [-0.4, -0.2) is 15.7 Å².